The molecule has 2 aromatic rings. The van der Waals surface area contributed by atoms with E-state index in [0.29, 0.717) is 18.7 Å². The van der Waals surface area contributed by atoms with Crippen LogP contribution in [0.4, 0.5) is 0 Å². The van der Waals surface area contributed by atoms with Crippen molar-refractivity contribution < 1.29 is 14.3 Å². The third kappa shape index (κ3) is 3.52. The molecule has 0 aliphatic carbocycles. The number of thiocarbonyl (C=S) groups is 1. The number of hydrogen-bond donors (Lipinski definition) is 2. The lowest BCUT2D eigenvalue weighted by Crippen LogP contribution is -2.41. The predicted octanol–water partition coefficient (Wildman–Crippen LogP) is 4.50. The molecule has 0 saturated carbocycles. The minimum absolute atomic E-state index is 0.346. The zero-order chi connectivity index (χ0) is 18.2. The summed E-state index contributed by atoms with van der Waals surface area (Å²) in [6.07, 6.45) is 4.06. The second kappa shape index (κ2) is 6.71. The molecule has 134 valence electrons. The van der Waals surface area contributed by atoms with Crippen LogP contribution in [0.25, 0.3) is 0 Å². The summed E-state index contributed by atoms with van der Waals surface area (Å²) >= 11 is 5.51. The van der Waals surface area contributed by atoms with Crippen LogP contribution in [0.15, 0.2) is 22.8 Å². The van der Waals surface area contributed by atoms with Gasteiger partial charge in [-0.2, -0.15) is 0 Å². The molecular formula is C20H25NO3S. The SMILES string of the molecule is Cc1c(C)c2c(c(C)c1O)CCC(C)(CC(=S)NCc1ccco1)O2. The Labute approximate surface area is 154 Å². The number of hydrogen-bond acceptors (Lipinski definition) is 4. The van der Waals surface area contributed by atoms with Crippen molar-refractivity contribution in [2.75, 3.05) is 0 Å². The first-order chi connectivity index (χ1) is 11.8. The van der Waals surface area contributed by atoms with E-state index >= 15 is 0 Å². The maximum atomic E-state index is 10.3. The summed E-state index contributed by atoms with van der Waals surface area (Å²) in [5.41, 5.74) is 3.60. The van der Waals surface area contributed by atoms with E-state index in [-0.39, 0.29) is 5.60 Å². The van der Waals surface area contributed by atoms with Gasteiger partial charge in [0, 0.05) is 12.0 Å². The van der Waals surface area contributed by atoms with Crippen LogP contribution >= 0.6 is 12.2 Å². The first-order valence-electron chi connectivity index (χ1n) is 8.60. The number of phenolic OH excluding ortho intramolecular Hbond substituents is 1. The van der Waals surface area contributed by atoms with E-state index in [1.54, 1.807) is 6.26 Å². The predicted molar refractivity (Wildman–Crippen MR) is 102 cm³/mol. The minimum Gasteiger partial charge on any atom is -0.507 e. The fourth-order valence-corrected chi connectivity index (χ4v) is 3.80. The number of furan rings is 1. The first kappa shape index (κ1) is 17.8. The van der Waals surface area contributed by atoms with Crippen LogP contribution in [-0.4, -0.2) is 15.7 Å². The highest BCUT2D eigenvalue weighted by molar-refractivity contribution is 7.80. The normalized spacial score (nSPS) is 19.2. The molecule has 25 heavy (non-hydrogen) atoms. The summed E-state index contributed by atoms with van der Waals surface area (Å²) in [6.45, 7) is 8.59. The highest BCUT2D eigenvalue weighted by Gasteiger charge is 2.35. The van der Waals surface area contributed by atoms with Gasteiger partial charge in [-0.05, 0) is 69.4 Å². The number of fused-ring (bicyclic) bond motifs is 1. The molecule has 1 aliphatic rings. The number of phenols is 1. The van der Waals surface area contributed by atoms with E-state index in [1.165, 1.54) is 0 Å². The number of ether oxygens (including phenoxy) is 1. The Kier molecular flexibility index (Phi) is 4.78. The van der Waals surface area contributed by atoms with Gasteiger partial charge in [0.2, 0.25) is 0 Å². The second-order valence-electron chi connectivity index (χ2n) is 7.12. The van der Waals surface area contributed by atoms with Crippen LogP contribution in [-0.2, 0) is 13.0 Å². The molecule has 0 spiro atoms. The van der Waals surface area contributed by atoms with Gasteiger partial charge in [-0.1, -0.05) is 12.2 Å². The molecule has 0 radical (unpaired) electrons. The minimum atomic E-state index is -0.346. The van der Waals surface area contributed by atoms with Gasteiger partial charge in [0.1, 0.15) is 22.9 Å². The Balaban J connectivity index is 1.73. The lowest BCUT2D eigenvalue weighted by Gasteiger charge is -2.38. The third-order valence-electron chi connectivity index (χ3n) is 5.17. The van der Waals surface area contributed by atoms with Crippen LogP contribution in [0.2, 0.25) is 0 Å². The summed E-state index contributed by atoms with van der Waals surface area (Å²) in [7, 11) is 0. The quantitative estimate of drug-likeness (QED) is 0.787. The van der Waals surface area contributed by atoms with Crippen molar-refractivity contribution >= 4 is 17.2 Å². The van der Waals surface area contributed by atoms with Crippen molar-refractivity contribution in [2.45, 2.75) is 59.1 Å². The number of aromatic hydroxyl groups is 1. The van der Waals surface area contributed by atoms with Crippen LogP contribution in [0.3, 0.4) is 0 Å². The molecule has 0 amide bonds. The van der Waals surface area contributed by atoms with E-state index < -0.39 is 0 Å². The van der Waals surface area contributed by atoms with Crippen LogP contribution < -0.4 is 10.1 Å². The maximum Gasteiger partial charge on any atom is 0.127 e. The molecule has 5 heteroatoms. The Morgan fingerprint density at radius 1 is 1.28 bits per heavy atom. The Morgan fingerprint density at radius 3 is 2.72 bits per heavy atom. The molecule has 1 unspecified atom stereocenters. The summed E-state index contributed by atoms with van der Waals surface area (Å²) in [5, 5.41) is 13.5. The van der Waals surface area contributed by atoms with E-state index in [0.717, 1.165) is 51.6 Å². The van der Waals surface area contributed by atoms with Crippen molar-refractivity contribution in [3.8, 4) is 11.5 Å². The maximum absolute atomic E-state index is 10.3. The molecule has 2 heterocycles. The third-order valence-corrected chi connectivity index (χ3v) is 5.46. The average Bonchev–Trinajstić information content (AvgIpc) is 3.09. The monoisotopic (exact) mass is 359 g/mol. The van der Waals surface area contributed by atoms with Gasteiger partial charge >= 0.3 is 0 Å². The molecule has 3 rings (SSSR count). The summed E-state index contributed by atoms with van der Waals surface area (Å²) < 4.78 is 11.7. The van der Waals surface area contributed by atoms with Gasteiger partial charge < -0.3 is 19.6 Å². The van der Waals surface area contributed by atoms with Gasteiger partial charge in [0.05, 0.1) is 17.8 Å². The molecule has 2 N–H and O–H groups in total. The summed E-state index contributed by atoms with van der Waals surface area (Å²) in [5.74, 6) is 2.16. The number of benzene rings is 1. The van der Waals surface area contributed by atoms with E-state index in [4.69, 9.17) is 21.4 Å². The average molecular weight is 359 g/mol. The topological polar surface area (TPSA) is 54.6 Å². The lowest BCUT2D eigenvalue weighted by atomic mass is 9.85. The van der Waals surface area contributed by atoms with Gasteiger partial charge in [-0.25, -0.2) is 0 Å². The zero-order valence-corrected chi connectivity index (χ0v) is 16.0. The van der Waals surface area contributed by atoms with E-state index in [1.807, 2.05) is 32.9 Å². The molecule has 1 aromatic carbocycles. The summed E-state index contributed by atoms with van der Waals surface area (Å²) in [4.78, 5) is 0.771. The molecule has 1 aliphatic heterocycles. The van der Waals surface area contributed by atoms with Crippen LogP contribution in [0, 0.1) is 20.8 Å². The van der Waals surface area contributed by atoms with Crippen molar-refractivity contribution in [1.82, 2.24) is 5.32 Å². The molecule has 0 bridgehead atoms. The smallest absolute Gasteiger partial charge is 0.127 e. The first-order valence-corrected chi connectivity index (χ1v) is 9.01. The second-order valence-corrected chi connectivity index (χ2v) is 7.61. The number of rotatable bonds is 4. The molecule has 4 nitrogen and oxygen atoms in total. The fourth-order valence-electron chi connectivity index (χ4n) is 3.42. The Morgan fingerprint density at radius 2 is 2.04 bits per heavy atom. The van der Waals surface area contributed by atoms with Crippen molar-refractivity contribution in [3.05, 3.63) is 46.4 Å². The van der Waals surface area contributed by atoms with Crippen molar-refractivity contribution in [1.29, 1.82) is 0 Å². The molecule has 1 aromatic heterocycles. The molecule has 1 atom stereocenters. The van der Waals surface area contributed by atoms with Crippen LogP contribution in [0.5, 0.6) is 11.5 Å². The van der Waals surface area contributed by atoms with Crippen molar-refractivity contribution in [3.63, 3.8) is 0 Å². The highest BCUT2D eigenvalue weighted by atomic mass is 32.1. The largest absolute Gasteiger partial charge is 0.507 e. The van der Waals surface area contributed by atoms with Gasteiger partial charge in [-0.15, -0.1) is 0 Å². The van der Waals surface area contributed by atoms with E-state index in [9.17, 15) is 5.11 Å². The highest BCUT2D eigenvalue weighted by Crippen LogP contribution is 2.44. The van der Waals surface area contributed by atoms with Crippen molar-refractivity contribution in [2.24, 2.45) is 0 Å². The van der Waals surface area contributed by atoms with Gasteiger partial charge in [0.25, 0.3) is 0 Å². The van der Waals surface area contributed by atoms with Gasteiger partial charge in [-0.3, -0.25) is 0 Å². The van der Waals surface area contributed by atoms with E-state index in [2.05, 4.69) is 12.2 Å². The molecular weight excluding hydrogens is 334 g/mol. The Hall–Kier alpha value is -2.01. The fraction of sp³-hybridized carbons (Fsp3) is 0.450. The summed E-state index contributed by atoms with van der Waals surface area (Å²) in [6, 6.07) is 3.79. The molecule has 0 fully saturated rings. The van der Waals surface area contributed by atoms with Crippen LogP contribution in [0.1, 0.15) is 47.8 Å². The number of nitrogens with one attached hydrogen (secondary N) is 1. The Bertz CT molecular complexity index is 798. The zero-order valence-electron chi connectivity index (χ0n) is 15.2. The molecule has 0 saturated heterocycles. The lowest BCUT2D eigenvalue weighted by molar-refractivity contribution is 0.0708. The standard InChI is InChI=1S/C20H25NO3S/c1-12-13(2)19-16(14(3)18(12)22)7-8-20(4,24-19)10-17(25)21-11-15-6-5-9-23-15/h5-6,9,22H,7-8,10-11H2,1-4H3,(H,21,25). The van der Waals surface area contributed by atoms with Gasteiger partial charge in [0.15, 0.2) is 0 Å².